The van der Waals surface area contributed by atoms with Crippen LogP contribution in [0.4, 0.5) is 10.5 Å². The molecule has 2 saturated heterocycles. The quantitative estimate of drug-likeness (QED) is 0.868. The maximum atomic E-state index is 13.0. The van der Waals surface area contributed by atoms with Crippen molar-refractivity contribution in [2.75, 3.05) is 45.1 Å². The highest BCUT2D eigenvalue weighted by Crippen LogP contribution is 2.32. The summed E-state index contributed by atoms with van der Waals surface area (Å²) in [7, 11) is 2.13. The van der Waals surface area contributed by atoms with Gasteiger partial charge in [0, 0.05) is 50.4 Å². The van der Waals surface area contributed by atoms with Crippen LogP contribution in [0.1, 0.15) is 37.3 Å². The summed E-state index contributed by atoms with van der Waals surface area (Å²) in [4.78, 5) is 31.5. The van der Waals surface area contributed by atoms with Gasteiger partial charge >= 0.3 is 6.03 Å². The third kappa shape index (κ3) is 3.95. The highest BCUT2D eigenvalue weighted by Gasteiger charge is 2.43. The SMILES string of the molecule is CCN1CCC2(CCC1=O)CN(C(=O)Nc1cccc(C)c1C)CCN2C. The Morgan fingerprint density at radius 2 is 1.96 bits per heavy atom. The minimum atomic E-state index is -0.114. The van der Waals surface area contributed by atoms with E-state index >= 15 is 0 Å². The fourth-order valence-corrected chi connectivity index (χ4v) is 4.28. The van der Waals surface area contributed by atoms with Crippen molar-refractivity contribution in [3.63, 3.8) is 0 Å². The monoisotopic (exact) mass is 372 g/mol. The van der Waals surface area contributed by atoms with Crippen molar-refractivity contribution < 1.29 is 9.59 Å². The predicted molar refractivity (Wildman–Crippen MR) is 108 cm³/mol. The molecule has 2 aliphatic heterocycles. The number of benzene rings is 1. The van der Waals surface area contributed by atoms with Crippen LogP contribution in [-0.2, 0) is 4.79 Å². The lowest BCUT2D eigenvalue weighted by molar-refractivity contribution is -0.130. The van der Waals surface area contributed by atoms with Crippen LogP contribution in [0, 0.1) is 13.8 Å². The van der Waals surface area contributed by atoms with E-state index in [1.807, 2.05) is 35.8 Å². The first-order valence-electron chi connectivity index (χ1n) is 9.97. The predicted octanol–water partition coefficient (Wildman–Crippen LogP) is 2.85. The Bertz CT molecular complexity index is 720. The first kappa shape index (κ1) is 19.7. The van der Waals surface area contributed by atoms with Gasteiger partial charge in [-0.3, -0.25) is 9.69 Å². The molecule has 1 spiro atoms. The molecule has 2 fully saturated rings. The molecule has 0 saturated carbocycles. The van der Waals surface area contributed by atoms with Crippen LogP contribution in [0.3, 0.4) is 0 Å². The van der Waals surface area contributed by atoms with Crippen molar-refractivity contribution in [2.45, 2.75) is 45.6 Å². The fraction of sp³-hybridized carbons (Fsp3) is 0.619. The number of carbonyl (C=O) groups excluding carboxylic acids is 2. The molecule has 2 heterocycles. The lowest BCUT2D eigenvalue weighted by Gasteiger charge is -2.49. The molecule has 1 unspecified atom stereocenters. The Balaban J connectivity index is 1.73. The Hall–Kier alpha value is -2.08. The number of hydrogen-bond acceptors (Lipinski definition) is 3. The molecule has 0 bridgehead atoms. The summed E-state index contributed by atoms with van der Waals surface area (Å²) in [5, 5.41) is 3.09. The summed E-state index contributed by atoms with van der Waals surface area (Å²) in [6.45, 7) is 9.86. The normalized spacial score (nSPS) is 24.2. The Labute approximate surface area is 162 Å². The lowest BCUT2D eigenvalue weighted by Crippen LogP contribution is -2.62. The van der Waals surface area contributed by atoms with Gasteiger partial charge in [-0.15, -0.1) is 0 Å². The molecule has 6 heteroatoms. The second-order valence-electron chi connectivity index (χ2n) is 7.97. The van der Waals surface area contributed by atoms with Crippen LogP contribution in [0.2, 0.25) is 0 Å². The molecule has 1 aromatic carbocycles. The molecule has 1 aromatic rings. The van der Waals surface area contributed by atoms with Gasteiger partial charge in [0.2, 0.25) is 5.91 Å². The van der Waals surface area contributed by atoms with Gasteiger partial charge in [-0.2, -0.15) is 0 Å². The molecule has 148 valence electrons. The molecular weight excluding hydrogens is 340 g/mol. The van der Waals surface area contributed by atoms with E-state index in [0.29, 0.717) is 19.5 Å². The maximum Gasteiger partial charge on any atom is 0.321 e. The van der Waals surface area contributed by atoms with E-state index in [-0.39, 0.29) is 17.5 Å². The standard InChI is InChI=1S/C21H32N4O2/c1-5-24-12-11-21(10-9-19(24)26)15-25(14-13-23(21)4)20(27)22-18-8-6-7-16(2)17(18)3/h6-8H,5,9-15H2,1-4H3,(H,22,27). The van der Waals surface area contributed by atoms with Gasteiger partial charge < -0.3 is 15.1 Å². The number of urea groups is 1. The smallest absolute Gasteiger partial charge is 0.321 e. The van der Waals surface area contributed by atoms with E-state index in [1.54, 1.807) is 0 Å². The first-order chi connectivity index (χ1) is 12.9. The maximum absolute atomic E-state index is 13.0. The fourth-order valence-electron chi connectivity index (χ4n) is 4.28. The Kier molecular flexibility index (Phi) is 5.75. The van der Waals surface area contributed by atoms with Gasteiger partial charge in [-0.05, 0) is 57.9 Å². The Morgan fingerprint density at radius 3 is 2.70 bits per heavy atom. The largest absolute Gasteiger partial charge is 0.343 e. The van der Waals surface area contributed by atoms with Gasteiger partial charge in [-0.1, -0.05) is 12.1 Å². The molecule has 3 amide bonds. The topological polar surface area (TPSA) is 55.9 Å². The third-order valence-electron chi connectivity index (χ3n) is 6.52. The molecule has 2 aliphatic rings. The number of nitrogens with one attached hydrogen (secondary N) is 1. The summed E-state index contributed by atoms with van der Waals surface area (Å²) in [5.74, 6) is 0.236. The summed E-state index contributed by atoms with van der Waals surface area (Å²) >= 11 is 0. The zero-order chi connectivity index (χ0) is 19.6. The third-order valence-corrected chi connectivity index (χ3v) is 6.52. The highest BCUT2D eigenvalue weighted by molar-refractivity contribution is 5.90. The van der Waals surface area contributed by atoms with E-state index in [0.717, 1.165) is 43.7 Å². The highest BCUT2D eigenvalue weighted by atomic mass is 16.2. The number of piperazine rings is 1. The summed E-state index contributed by atoms with van der Waals surface area (Å²) < 4.78 is 0. The minimum Gasteiger partial charge on any atom is -0.343 e. The van der Waals surface area contributed by atoms with Gasteiger partial charge in [0.05, 0.1) is 0 Å². The summed E-state index contributed by atoms with van der Waals surface area (Å²) in [6, 6.07) is 5.94. The molecule has 27 heavy (non-hydrogen) atoms. The van der Waals surface area contributed by atoms with Crippen molar-refractivity contribution >= 4 is 17.6 Å². The Morgan fingerprint density at radius 1 is 1.19 bits per heavy atom. The zero-order valence-electron chi connectivity index (χ0n) is 17.0. The van der Waals surface area contributed by atoms with E-state index in [1.165, 1.54) is 5.56 Å². The number of likely N-dealkylation sites (tertiary alicyclic amines) is 1. The van der Waals surface area contributed by atoms with E-state index in [4.69, 9.17) is 0 Å². The number of carbonyl (C=O) groups is 2. The van der Waals surface area contributed by atoms with Crippen molar-refractivity contribution in [2.24, 2.45) is 0 Å². The number of anilines is 1. The van der Waals surface area contributed by atoms with Gasteiger partial charge in [0.15, 0.2) is 0 Å². The number of hydrogen-bond donors (Lipinski definition) is 1. The van der Waals surface area contributed by atoms with Crippen LogP contribution >= 0.6 is 0 Å². The second-order valence-corrected chi connectivity index (χ2v) is 7.97. The van der Waals surface area contributed by atoms with Crippen molar-refractivity contribution in [1.29, 1.82) is 0 Å². The van der Waals surface area contributed by atoms with Crippen LogP contribution in [0.15, 0.2) is 18.2 Å². The molecule has 1 atom stereocenters. The number of amides is 3. The molecule has 6 nitrogen and oxygen atoms in total. The molecule has 1 N–H and O–H groups in total. The van der Waals surface area contributed by atoms with Gasteiger partial charge in [0.1, 0.15) is 0 Å². The zero-order valence-corrected chi connectivity index (χ0v) is 17.0. The van der Waals surface area contributed by atoms with Crippen molar-refractivity contribution in [3.8, 4) is 0 Å². The van der Waals surface area contributed by atoms with Gasteiger partial charge in [-0.25, -0.2) is 4.79 Å². The molecule has 0 radical (unpaired) electrons. The van der Waals surface area contributed by atoms with Crippen LogP contribution < -0.4 is 5.32 Å². The van der Waals surface area contributed by atoms with E-state index in [2.05, 4.69) is 30.3 Å². The first-order valence-corrected chi connectivity index (χ1v) is 9.97. The average molecular weight is 373 g/mol. The molecule has 0 aliphatic carbocycles. The molecular formula is C21H32N4O2. The number of rotatable bonds is 2. The van der Waals surface area contributed by atoms with Crippen LogP contribution in [-0.4, -0.2) is 71.9 Å². The van der Waals surface area contributed by atoms with E-state index in [9.17, 15) is 9.59 Å². The average Bonchev–Trinajstić information content (AvgIpc) is 2.81. The number of nitrogens with zero attached hydrogens (tertiary/aromatic N) is 3. The van der Waals surface area contributed by atoms with E-state index < -0.39 is 0 Å². The lowest BCUT2D eigenvalue weighted by atomic mass is 9.86. The second kappa shape index (κ2) is 7.89. The number of aryl methyl sites for hydroxylation is 1. The van der Waals surface area contributed by atoms with Crippen LogP contribution in [0.5, 0.6) is 0 Å². The van der Waals surface area contributed by atoms with Crippen molar-refractivity contribution in [3.05, 3.63) is 29.3 Å². The summed E-state index contributed by atoms with van der Waals surface area (Å²) in [5.41, 5.74) is 3.04. The summed E-state index contributed by atoms with van der Waals surface area (Å²) in [6.07, 6.45) is 2.28. The van der Waals surface area contributed by atoms with Crippen molar-refractivity contribution in [1.82, 2.24) is 14.7 Å². The molecule has 3 rings (SSSR count). The number of likely N-dealkylation sites (N-methyl/N-ethyl adjacent to an activating group) is 1. The minimum absolute atomic E-state index is 0.0425. The molecule has 0 aromatic heterocycles. The van der Waals surface area contributed by atoms with Gasteiger partial charge in [0.25, 0.3) is 0 Å². The van der Waals surface area contributed by atoms with Crippen LogP contribution in [0.25, 0.3) is 0 Å².